The molecule has 0 radical (unpaired) electrons. The predicted molar refractivity (Wildman–Crippen MR) is 125 cm³/mol. The van der Waals surface area contributed by atoms with Crippen LogP contribution in [0.3, 0.4) is 0 Å². The van der Waals surface area contributed by atoms with Gasteiger partial charge in [0.1, 0.15) is 0 Å². The minimum absolute atomic E-state index is 0. The summed E-state index contributed by atoms with van der Waals surface area (Å²) in [5.74, 6) is 0.840. The number of aryl methyl sites for hydroxylation is 2. The SMILES string of the molecule is CCNC(=NCc1ccnc2ccccc12)NCCc1sc(C)nc1C.I. The lowest BCUT2D eigenvalue weighted by molar-refractivity contribution is 0.802. The van der Waals surface area contributed by atoms with Crippen LogP contribution >= 0.6 is 35.3 Å². The van der Waals surface area contributed by atoms with Crippen LogP contribution in [-0.2, 0) is 13.0 Å². The molecule has 2 heterocycles. The minimum atomic E-state index is 0. The number of hydrogen-bond donors (Lipinski definition) is 2. The number of pyridine rings is 1. The molecule has 2 N–H and O–H groups in total. The fraction of sp³-hybridized carbons (Fsp3) is 0.350. The number of hydrogen-bond acceptors (Lipinski definition) is 4. The number of aliphatic imine (C=N–C) groups is 1. The van der Waals surface area contributed by atoms with Gasteiger partial charge in [0.05, 0.1) is 22.8 Å². The van der Waals surface area contributed by atoms with Gasteiger partial charge in [0.25, 0.3) is 0 Å². The van der Waals surface area contributed by atoms with E-state index in [0.29, 0.717) is 6.54 Å². The van der Waals surface area contributed by atoms with Gasteiger partial charge in [-0.25, -0.2) is 9.98 Å². The molecule has 0 bridgehead atoms. The third kappa shape index (κ3) is 5.87. The van der Waals surface area contributed by atoms with Crippen molar-refractivity contribution < 1.29 is 0 Å². The van der Waals surface area contributed by atoms with Crippen molar-refractivity contribution in [2.45, 2.75) is 33.7 Å². The zero-order valence-electron chi connectivity index (χ0n) is 16.0. The van der Waals surface area contributed by atoms with Crippen molar-refractivity contribution in [3.8, 4) is 0 Å². The van der Waals surface area contributed by atoms with E-state index >= 15 is 0 Å². The van der Waals surface area contributed by atoms with Gasteiger partial charge in [-0.2, -0.15) is 0 Å². The Bertz CT molecular complexity index is 901. The van der Waals surface area contributed by atoms with Gasteiger partial charge in [-0.1, -0.05) is 18.2 Å². The van der Waals surface area contributed by atoms with Crippen LogP contribution in [0, 0.1) is 13.8 Å². The average Bonchev–Trinajstić information content (AvgIpc) is 2.97. The largest absolute Gasteiger partial charge is 0.357 e. The summed E-state index contributed by atoms with van der Waals surface area (Å²) in [7, 11) is 0. The lowest BCUT2D eigenvalue weighted by Crippen LogP contribution is -2.38. The number of nitrogens with one attached hydrogen (secondary N) is 2. The Morgan fingerprint density at radius 2 is 1.96 bits per heavy atom. The fourth-order valence-electron chi connectivity index (χ4n) is 2.90. The Labute approximate surface area is 181 Å². The van der Waals surface area contributed by atoms with Crippen LogP contribution in [0.15, 0.2) is 41.5 Å². The Kier molecular flexibility index (Phi) is 8.43. The Hall–Kier alpha value is -1.74. The first-order valence-corrected chi connectivity index (χ1v) is 9.76. The standard InChI is InChI=1S/C20H25N5S.HI/c1-4-21-20(23-12-10-19-14(2)25-15(3)26-19)24-13-16-9-11-22-18-8-6-5-7-17(16)18;/h5-9,11H,4,10,12-13H2,1-3H3,(H2,21,23,24);1H. The Morgan fingerprint density at radius 3 is 2.70 bits per heavy atom. The molecule has 0 aliphatic carbocycles. The molecule has 3 rings (SSSR count). The molecule has 0 saturated heterocycles. The molecule has 0 saturated carbocycles. The summed E-state index contributed by atoms with van der Waals surface area (Å²) >= 11 is 1.77. The summed E-state index contributed by atoms with van der Waals surface area (Å²) < 4.78 is 0. The number of rotatable bonds is 6. The molecule has 0 aliphatic heterocycles. The third-order valence-corrected chi connectivity index (χ3v) is 5.27. The highest BCUT2D eigenvalue weighted by Crippen LogP contribution is 2.18. The smallest absolute Gasteiger partial charge is 0.191 e. The number of fused-ring (bicyclic) bond motifs is 1. The molecule has 3 aromatic rings. The van der Waals surface area contributed by atoms with Crippen molar-refractivity contribution in [1.82, 2.24) is 20.6 Å². The van der Waals surface area contributed by atoms with Gasteiger partial charge in [0.2, 0.25) is 0 Å². The summed E-state index contributed by atoms with van der Waals surface area (Å²) in [5.41, 5.74) is 3.33. The lowest BCUT2D eigenvalue weighted by Gasteiger charge is -2.11. The van der Waals surface area contributed by atoms with E-state index in [-0.39, 0.29) is 24.0 Å². The normalized spacial score (nSPS) is 11.3. The van der Waals surface area contributed by atoms with Crippen LogP contribution in [0.25, 0.3) is 10.9 Å². The van der Waals surface area contributed by atoms with Crippen LogP contribution < -0.4 is 10.6 Å². The van der Waals surface area contributed by atoms with Crippen molar-refractivity contribution in [1.29, 1.82) is 0 Å². The number of para-hydroxylation sites is 1. The molecule has 2 aromatic heterocycles. The van der Waals surface area contributed by atoms with Crippen molar-refractivity contribution in [2.75, 3.05) is 13.1 Å². The molecular weight excluding hydrogens is 469 g/mol. The maximum atomic E-state index is 4.75. The second-order valence-electron chi connectivity index (χ2n) is 6.10. The number of halogens is 1. The molecule has 0 amide bonds. The highest BCUT2D eigenvalue weighted by atomic mass is 127. The van der Waals surface area contributed by atoms with Gasteiger partial charge >= 0.3 is 0 Å². The Morgan fingerprint density at radius 1 is 1.15 bits per heavy atom. The van der Waals surface area contributed by atoms with E-state index in [1.165, 1.54) is 10.4 Å². The van der Waals surface area contributed by atoms with Crippen LogP contribution in [-0.4, -0.2) is 29.0 Å². The Balaban J connectivity index is 0.00000261. The second kappa shape index (κ2) is 10.6. The van der Waals surface area contributed by atoms with Gasteiger partial charge in [0, 0.05) is 36.0 Å². The van der Waals surface area contributed by atoms with Gasteiger partial charge in [-0.3, -0.25) is 4.98 Å². The summed E-state index contributed by atoms with van der Waals surface area (Å²) in [6.45, 7) is 8.51. The maximum Gasteiger partial charge on any atom is 0.191 e. The number of aromatic nitrogens is 2. The van der Waals surface area contributed by atoms with Crippen molar-refractivity contribution in [3.05, 3.63) is 57.7 Å². The van der Waals surface area contributed by atoms with Gasteiger partial charge in [-0.05, 0) is 38.5 Å². The predicted octanol–water partition coefficient (Wildman–Crippen LogP) is 4.22. The van der Waals surface area contributed by atoms with E-state index in [2.05, 4.69) is 47.4 Å². The number of guanidine groups is 1. The topological polar surface area (TPSA) is 62.2 Å². The molecule has 0 unspecified atom stereocenters. The zero-order chi connectivity index (χ0) is 18.4. The monoisotopic (exact) mass is 495 g/mol. The number of thiazole rings is 1. The van der Waals surface area contributed by atoms with E-state index < -0.39 is 0 Å². The van der Waals surface area contributed by atoms with Crippen molar-refractivity contribution in [2.24, 2.45) is 4.99 Å². The zero-order valence-corrected chi connectivity index (χ0v) is 19.1. The third-order valence-electron chi connectivity index (χ3n) is 4.14. The van der Waals surface area contributed by atoms with E-state index in [4.69, 9.17) is 4.99 Å². The van der Waals surface area contributed by atoms with Crippen molar-refractivity contribution >= 4 is 52.2 Å². The molecule has 0 aliphatic rings. The molecule has 144 valence electrons. The lowest BCUT2D eigenvalue weighted by atomic mass is 10.1. The van der Waals surface area contributed by atoms with E-state index in [0.717, 1.165) is 47.1 Å². The summed E-state index contributed by atoms with van der Waals surface area (Å²) in [6, 6.07) is 10.2. The number of benzene rings is 1. The van der Waals surface area contributed by atoms with Gasteiger partial charge in [-0.15, -0.1) is 35.3 Å². The van der Waals surface area contributed by atoms with Crippen molar-refractivity contribution in [3.63, 3.8) is 0 Å². The fourth-order valence-corrected chi connectivity index (χ4v) is 3.84. The first kappa shape index (κ1) is 21.6. The molecule has 5 nitrogen and oxygen atoms in total. The molecule has 0 atom stereocenters. The second-order valence-corrected chi connectivity index (χ2v) is 7.39. The average molecular weight is 495 g/mol. The maximum absolute atomic E-state index is 4.75. The molecule has 27 heavy (non-hydrogen) atoms. The van der Waals surface area contributed by atoms with E-state index in [1.807, 2.05) is 30.5 Å². The first-order valence-electron chi connectivity index (χ1n) is 8.95. The van der Waals surface area contributed by atoms with Crippen LogP contribution in [0.2, 0.25) is 0 Å². The quantitative estimate of drug-likeness (QED) is 0.306. The summed E-state index contributed by atoms with van der Waals surface area (Å²) in [5, 5.41) is 9.03. The summed E-state index contributed by atoms with van der Waals surface area (Å²) in [6.07, 6.45) is 2.81. The minimum Gasteiger partial charge on any atom is -0.357 e. The first-order chi connectivity index (χ1) is 12.7. The molecule has 0 spiro atoms. The van der Waals surface area contributed by atoms with Gasteiger partial charge < -0.3 is 10.6 Å². The van der Waals surface area contributed by atoms with Crippen LogP contribution in [0.1, 0.15) is 28.1 Å². The molecule has 7 heteroatoms. The van der Waals surface area contributed by atoms with Crippen LogP contribution in [0.5, 0.6) is 0 Å². The molecular formula is C20H26IN5S. The summed E-state index contributed by atoms with van der Waals surface area (Å²) in [4.78, 5) is 15.0. The highest BCUT2D eigenvalue weighted by Gasteiger charge is 2.06. The number of nitrogens with zero attached hydrogens (tertiary/aromatic N) is 3. The molecule has 0 fully saturated rings. The van der Waals surface area contributed by atoms with Crippen LogP contribution in [0.4, 0.5) is 0 Å². The highest BCUT2D eigenvalue weighted by molar-refractivity contribution is 14.0. The van der Waals surface area contributed by atoms with E-state index in [1.54, 1.807) is 11.3 Å². The molecule has 1 aromatic carbocycles. The van der Waals surface area contributed by atoms with Gasteiger partial charge in [0.15, 0.2) is 5.96 Å². The van der Waals surface area contributed by atoms with E-state index in [9.17, 15) is 0 Å².